The summed E-state index contributed by atoms with van der Waals surface area (Å²) in [7, 11) is 0. The minimum absolute atomic E-state index is 0.171. The van der Waals surface area contributed by atoms with Crippen molar-refractivity contribution in [1.29, 1.82) is 0 Å². The normalized spacial score (nSPS) is 11.4. The Balaban J connectivity index is 2.04. The van der Waals surface area contributed by atoms with Crippen molar-refractivity contribution in [2.75, 3.05) is 0 Å². The fraction of sp³-hybridized carbons (Fsp3) is 0.200. The van der Waals surface area contributed by atoms with Crippen molar-refractivity contribution in [1.82, 2.24) is 24.7 Å². The van der Waals surface area contributed by atoms with Gasteiger partial charge >= 0.3 is 0 Å². The van der Waals surface area contributed by atoms with Gasteiger partial charge in [0.2, 0.25) is 0 Å². The molecule has 2 heterocycles. The Labute approximate surface area is 127 Å². The molecule has 3 rings (SSSR count). The number of aryl methyl sites for hydroxylation is 3. The summed E-state index contributed by atoms with van der Waals surface area (Å²) in [4.78, 5) is 0. The maximum Gasteiger partial charge on any atom is 0.273 e. The van der Waals surface area contributed by atoms with Crippen molar-refractivity contribution >= 4 is 6.21 Å². The lowest BCUT2D eigenvalue weighted by Gasteiger charge is -2.04. The SMILES string of the molecule is Cc1cc(C)n(-c2nnc(C)n2/N=C/c2ccccc2O)n1. The molecule has 22 heavy (non-hydrogen) atoms. The molecule has 0 aliphatic heterocycles. The fourth-order valence-electron chi connectivity index (χ4n) is 2.16. The third kappa shape index (κ3) is 2.48. The molecule has 0 atom stereocenters. The second-order valence-electron chi connectivity index (χ2n) is 5.00. The lowest BCUT2D eigenvalue weighted by atomic mass is 10.2. The first-order valence-electron chi connectivity index (χ1n) is 6.84. The third-order valence-electron chi connectivity index (χ3n) is 3.23. The molecule has 112 valence electrons. The number of phenolic OH excluding ortho intramolecular Hbond substituents is 1. The van der Waals surface area contributed by atoms with Gasteiger partial charge in [-0.25, -0.2) is 4.68 Å². The number of hydrogen-bond acceptors (Lipinski definition) is 5. The van der Waals surface area contributed by atoms with Crippen molar-refractivity contribution in [3.05, 3.63) is 53.1 Å². The van der Waals surface area contributed by atoms with Crippen LogP contribution in [0.25, 0.3) is 5.95 Å². The van der Waals surface area contributed by atoms with E-state index < -0.39 is 0 Å². The second kappa shape index (κ2) is 5.44. The van der Waals surface area contributed by atoms with Crippen LogP contribution in [-0.4, -0.2) is 36.0 Å². The van der Waals surface area contributed by atoms with Crippen LogP contribution in [-0.2, 0) is 0 Å². The minimum atomic E-state index is 0.171. The van der Waals surface area contributed by atoms with E-state index in [-0.39, 0.29) is 5.75 Å². The van der Waals surface area contributed by atoms with E-state index in [4.69, 9.17) is 0 Å². The van der Waals surface area contributed by atoms with Crippen molar-refractivity contribution < 1.29 is 5.11 Å². The number of nitrogens with zero attached hydrogens (tertiary/aromatic N) is 6. The van der Waals surface area contributed by atoms with E-state index >= 15 is 0 Å². The summed E-state index contributed by atoms with van der Waals surface area (Å²) in [6.45, 7) is 5.67. The summed E-state index contributed by atoms with van der Waals surface area (Å²) in [6, 6.07) is 8.95. The Kier molecular flexibility index (Phi) is 3.46. The smallest absolute Gasteiger partial charge is 0.273 e. The zero-order valence-corrected chi connectivity index (χ0v) is 12.6. The molecule has 7 heteroatoms. The van der Waals surface area contributed by atoms with Gasteiger partial charge in [0.25, 0.3) is 5.95 Å². The topological polar surface area (TPSA) is 81.1 Å². The van der Waals surface area contributed by atoms with Crippen LogP contribution < -0.4 is 0 Å². The number of rotatable bonds is 3. The second-order valence-corrected chi connectivity index (χ2v) is 5.00. The summed E-state index contributed by atoms with van der Waals surface area (Å²) in [6.07, 6.45) is 1.57. The first-order chi connectivity index (χ1) is 10.6. The predicted molar refractivity (Wildman–Crippen MR) is 82.5 cm³/mol. The minimum Gasteiger partial charge on any atom is -0.507 e. The van der Waals surface area contributed by atoms with Gasteiger partial charge in [0.15, 0.2) is 5.82 Å². The molecule has 1 N–H and O–H groups in total. The molecule has 0 aliphatic carbocycles. The van der Waals surface area contributed by atoms with Gasteiger partial charge in [-0.15, -0.1) is 10.2 Å². The average Bonchev–Trinajstić information content (AvgIpc) is 3.00. The summed E-state index contributed by atoms with van der Waals surface area (Å²) < 4.78 is 3.28. The summed E-state index contributed by atoms with van der Waals surface area (Å²) in [5, 5.41) is 26.7. The molecule has 0 aliphatic rings. The van der Waals surface area contributed by atoms with Crippen LogP contribution in [0, 0.1) is 20.8 Å². The van der Waals surface area contributed by atoms with E-state index in [1.165, 1.54) is 0 Å². The van der Waals surface area contributed by atoms with Gasteiger partial charge in [-0.1, -0.05) is 12.1 Å². The Morgan fingerprint density at radius 1 is 1.14 bits per heavy atom. The van der Waals surface area contributed by atoms with Crippen molar-refractivity contribution in [2.24, 2.45) is 5.10 Å². The quantitative estimate of drug-likeness (QED) is 0.749. The number of aromatic hydroxyl groups is 1. The Hall–Kier alpha value is -2.96. The Bertz CT molecular complexity index is 846. The van der Waals surface area contributed by atoms with Crippen LogP contribution in [0.4, 0.5) is 0 Å². The van der Waals surface area contributed by atoms with E-state index in [0.29, 0.717) is 17.3 Å². The summed E-state index contributed by atoms with van der Waals surface area (Å²) in [5.74, 6) is 1.31. The van der Waals surface area contributed by atoms with Crippen molar-refractivity contribution in [3.8, 4) is 11.7 Å². The molecule has 0 spiro atoms. The predicted octanol–water partition coefficient (Wildman–Crippen LogP) is 1.98. The van der Waals surface area contributed by atoms with Gasteiger partial charge < -0.3 is 5.11 Å². The molecule has 0 radical (unpaired) electrons. The van der Waals surface area contributed by atoms with E-state index in [1.807, 2.05) is 32.9 Å². The lowest BCUT2D eigenvalue weighted by molar-refractivity contribution is 0.474. The molecule has 3 aromatic rings. The van der Waals surface area contributed by atoms with Crippen molar-refractivity contribution in [2.45, 2.75) is 20.8 Å². The number of phenols is 1. The zero-order valence-electron chi connectivity index (χ0n) is 12.6. The molecule has 2 aromatic heterocycles. The highest BCUT2D eigenvalue weighted by atomic mass is 16.3. The summed E-state index contributed by atoms with van der Waals surface area (Å²) in [5.41, 5.74) is 2.47. The lowest BCUT2D eigenvalue weighted by Crippen LogP contribution is -2.08. The van der Waals surface area contributed by atoms with Crippen LogP contribution >= 0.6 is 0 Å². The number of benzene rings is 1. The molecule has 0 amide bonds. The summed E-state index contributed by atoms with van der Waals surface area (Å²) >= 11 is 0. The maximum absolute atomic E-state index is 9.79. The fourth-order valence-corrected chi connectivity index (χ4v) is 2.16. The molecular formula is C15H16N6O. The Morgan fingerprint density at radius 2 is 1.91 bits per heavy atom. The largest absolute Gasteiger partial charge is 0.507 e. The number of para-hydroxylation sites is 1. The monoisotopic (exact) mass is 296 g/mol. The van der Waals surface area contributed by atoms with Gasteiger partial charge in [-0.2, -0.15) is 14.9 Å². The van der Waals surface area contributed by atoms with Crippen LogP contribution in [0.2, 0.25) is 0 Å². The third-order valence-corrected chi connectivity index (χ3v) is 3.23. The van der Waals surface area contributed by atoms with Gasteiger partial charge in [0, 0.05) is 11.3 Å². The maximum atomic E-state index is 9.79. The molecule has 0 unspecified atom stereocenters. The molecule has 0 saturated heterocycles. The molecule has 0 bridgehead atoms. The zero-order chi connectivity index (χ0) is 15.7. The number of hydrogen-bond donors (Lipinski definition) is 1. The van der Waals surface area contributed by atoms with E-state index in [0.717, 1.165) is 11.4 Å². The first kappa shape index (κ1) is 14.0. The van der Waals surface area contributed by atoms with Crippen LogP contribution in [0.5, 0.6) is 5.75 Å². The Morgan fingerprint density at radius 3 is 2.59 bits per heavy atom. The van der Waals surface area contributed by atoms with Gasteiger partial charge in [0.1, 0.15) is 5.75 Å². The standard InChI is InChI=1S/C15H16N6O/c1-10-8-11(2)20(19-10)15-18-17-12(3)21(15)16-9-13-6-4-5-7-14(13)22/h4-9,22H,1-3H3/b16-9+. The van der Waals surface area contributed by atoms with Crippen LogP contribution in [0.3, 0.4) is 0 Å². The van der Waals surface area contributed by atoms with Crippen molar-refractivity contribution in [3.63, 3.8) is 0 Å². The van der Waals surface area contributed by atoms with E-state index in [9.17, 15) is 5.11 Å². The van der Waals surface area contributed by atoms with Gasteiger partial charge in [-0.3, -0.25) is 0 Å². The number of aromatic nitrogens is 5. The molecule has 7 nitrogen and oxygen atoms in total. The van der Waals surface area contributed by atoms with E-state index in [1.54, 1.807) is 33.8 Å². The first-order valence-corrected chi connectivity index (χ1v) is 6.84. The molecule has 1 aromatic carbocycles. The average molecular weight is 296 g/mol. The highest BCUT2D eigenvalue weighted by molar-refractivity contribution is 5.83. The molecular weight excluding hydrogens is 280 g/mol. The molecule has 0 fully saturated rings. The molecule has 0 saturated carbocycles. The van der Waals surface area contributed by atoms with Gasteiger partial charge in [-0.05, 0) is 39.0 Å². The van der Waals surface area contributed by atoms with Gasteiger partial charge in [0.05, 0.1) is 11.9 Å². The highest BCUT2D eigenvalue weighted by Gasteiger charge is 2.13. The van der Waals surface area contributed by atoms with Crippen LogP contribution in [0.1, 0.15) is 22.8 Å². The van der Waals surface area contributed by atoms with Crippen LogP contribution in [0.15, 0.2) is 35.4 Å². The highest BCUT2D eigenvalue weighted by Crippen LogP contribution is 2.14. The van der Waals surface area contributed by atoms with E-state index in [2.05, 4.69) is 20.4 Å².